The molecular weight excluding hydrogens is 122 g/mol. The van der Waals surface area contributed by atoms with Crippen molar-refractivity contribution in [1.82, 2.24) is 0 Å². The fraction of sp³-hybridized carbons (Fsp3) is 1.00. The maximum Gasteiger partial charge on any atom is 0.153 e. The minimum atomic E-state index is -1.26. The van der Waals surface area contributed by atoms with E-state index in [1.165, 1.54) is 0 Å². The summed E-state index contributed by atoms with van der Waals surface area (Å²) in [6.45, 7) is 1.31. The van der Waals surface area contributed by atoms with Crippen molar-refractivity contribution in [1.29, 1.82) is 0 Å². The summed E-state index contributed by atoms with van der Waals surface area (Å²) in [7, 11) is 0. The number of nitrogens with two attached hydrogens (primary N) is 1. The van der Waals surface area contributed by atoms with E-state index in [2.05, 4.69) is 0 Å². The van der Waals surface area contributed by atoms with Crippen LogP contribution < -0.4 is 5.73 Å². The van der Waals surface area contributed by atoms with E-state index >= 15 is 0 Å². The second-order valence-electron chi connectivity index (χ2n) is 1.67. The Morgan fingerprint density at radius 2 is 2.00 bits per heavy atom. The van der Waals surface area contributed by atoms with Crippen LogP contribution in [0.25, 0.3) is 0 Å². The minimum absolute atomic E-state index is 0.250. The minimum Gasteiger partial charge on any atom is -0.380 e. The first kappa shape index (κ1) is 8.84. The second kappa shape index (κ2) is 5.97. The highest BCUT2D eigenvalue weighted by Gasteiger charge is 1.94. The Balaban J connectivity index is 2.75. The lowest BCUT2D eigenvalue weighted by molar-refractivity contribution is -0.0605. The van der Waals surface area contributed by atoms with Crippen molar-refractivity contribution < 1.29 is 14.9 Å². The van der Waals surface area contributed by atoms with Crippen molar-refractivity contribution in [3.8, 4) is 0 Å². The first-order valence-corrected chi connectivity index (χ1v) is 2.91. The molecule has 0 bridgehead atoms. The molecule has 0 radical (unpaired) electrons. The summed E-state index contributed by atoms with van der Waals surface area (Å²) in [6.07, 6.45) is -1.01. The van der Waals surface area contributed by atoms with Gasteiger partial charge in [-0.05, 0) is 0 Å². The molecule has 0 spiro atoms. The quantitative estimate of drug-likeness (QED) is 0.322. The predicted molar refractivity (Wildman–Crippen MR) is 32.7 cm³/mol. The van der Waals surface area contributed by atoms with Crippen LogP contribution in [0.3, 0.4) is 0 Å². The molecule has 0 saturated carbocycles. The Labute approximate surface area is 54.2 Å². The number of ether oxygens (including phenoxy) is 1. The predicted octanol–water partition coefficient (Wildman–Crippen LogP) is -1.34. The summed E-state index contributed by atoms with van der Waals surface area (Å²) in [6, 6.07) is 0. The van der Waals surface area contributed by atoms with Gasteiger partial charge in [-0.3, -0.25) is 0 Å². The van der Waals surface area contributed by atoms with E-state index in [0.717, 1.165) is 0 Å². The lowest BCUT2D eigenvalue weighted by Crippen LogP contribution is -2.13. The summed E-state index contributed by atoms with van der Waals surface area (Å²) in [5, 5.41) is 16.6. The Bertz CT molecular complexity index is 58.2. The third-order valence-electron chi connectivity index (χ3n) is 0.783. The van der Waals surface area contributed by atoms with Crippen molar-refractivity contribution in [3.05, 3.63) is 0 Å². The first-order valence-electron chi connectivity index (χ1n) is 2.91. The molecule has 0 unspecified atom stereocenters. The van der Waals surface area contributed by atoms with Gasteiger partial charge in [-0.15, -0.1) is 0 Å². The molecule has 0 saturated heterocycles. The number of aliphatic hydroxyl groups is 2. The Hall–Kier alpha value is -0.160. The van der Waals surface area contributed by atoms with Gasteiger partial charge in [-0.1, -0.05) is 0 Å². The lowest BCUT2D eigenvalue weighted by atomic mass is 10.4. The zero-order valence-electron chi connectivity index (χ0n) is 5.29. The molecule has 0 rings (SSSR count). The van der Waals surface area contributed by atoms with Gasteiger partial charge in [0.1, 0.15) is 0 Å². The number of hydrogen-bond acceptors (Lipinski definition) is 4. The molecule has 0 aliphatic carbocycles. The van der Waals surface area contributed by atoms with Gasteiger partial charge in [0.05, 0.1) is 13.2 Å². The highest BCUT2D eigenvalue weighted by atomic mass is 16.5. The number of hydrogen-bond donors (Lipinski definition) is 3. The topological polar surface area (TPSA) is 75.7 Å². The molecule has 0 aromatic rings. The van der Waals surface area contributed by atoms with Crippen LogP contribution in [0.2, 0.25) is 0 Å². The van der Waals surface area contributed by atoms with Crippen molar-refractivity contribution >= 4 is 0 Å². The van der Waals surface area contributed by atoms with Gasteiger partial charge in [-0.25, -0.2) is 0 Å². The SMILES string of the molecule is NCCOCCC(O)O. The van der Waals surface area contributed by atoms with Gasteiger partial charge in [0.25, 0.3) is 0 Å². The van der Waals surface area contributed by atoms with E-state index in [-0.39, 0.29) is 6.42 Å². The highest BCUT2D eigenvalue weighted by molar-refractivity contribution is 4.37. The van der Waals surface area contributed by atoms with Crippen LogP contribution in [0, 0.1) is 0 Å². The molecule has 9 heavy (non-hydrogen) atoms. The number of aliphatic hydroxyl groups excluding tert-OH is 1. The van der Waals surface area contributed by atoms with Crippen LogP contribution in [0.5, 0.6) is 0 Å². The molecule has 0 fully saturated rings. The lowest BCUT2D eigenvalue weighted by Gasteiger charge is -2.02. The molecule has 0 aliphatic heterocycles. The van der Waals surface area contributed by atoms with Crippen LogP contribution in [-0.4, -0.2) is 36.3 Å². The van der Waals surface area contributed by atoms with Crippen molar-refractivity contribution in [2.24, 2.45) is 5.73 Å². The standard InChI is InChI=1S/C5H13NO3/c6-2-4-9-3-1-5(7)8/h5,7-8H,1-4,6H2. The molecule has 4 heteroatoms. The monoisotopic (exact) mass is 135 g/mol. The zero-order valence-corrected chi connectivity index (χ0v) is 5.29. The molecule has 0 aliphatic rings. The van der Waals surface area contributed by atoms with Gasteiger partial charge < -0.3 is 20.7 Å². The van der Waals surface area contributed by atoms with E-state index < -0.39 is 6.29 Å². The van der Waals surface area contributed by atoms with Gasteiger partial charge >= 0.3 is 0 Å². The second-order valence-corrected chi connectivity index (χ2v) is 1.67. The summed E-state index contributed by atoms with van der Waals surface area (Å²) in [5.74, 6) is 0. The van der Waals surface area contributed by atoms with Gasteiger partial charge in [0.15, 0.2) is 6.29 Å². The van der Waals surface area contributed by atoms with Crippen molar-refractivity contribution in [2.75, 3.05) is 19.8 Å². The van der Waals surface area contributed by atoms with Crippen LogP contribution in [0.15, 0.2) is 0 Å². The smallest absolute Gasteiger partial charge is 0.153 e. The Morgan fingerprint density at radius 1 is 1.33 bits per heavy atom. The average molecular weight is 135 g/mol. The normalized spacial score (nSPS) is 10.7. The molecule has 0 amide bonds. The van der Waals surface area contributed by atoms with E-state index in [1.807, 2.05) is 0 Å². The molecule has 4 N–H and O–H groups in total. The van der Waals surface area contributed by atoms with Crippen molar-refractivity contribution in [2.45, 2.75) is 12.7 Å². The Morgan fingerprint density at radius 3 is 2.44 bits per heavy atom. The van der Waals surface area contributed by atoms with Crippen LogP contribution in [-0.2, 0) is 4.74 Å². The van der Waals surface area contributed by atoms with E-state index in [4.69, 9.17) is 20.7 Å². The van der Waals surface area contributed by atoms with Crippen molar-refractivity contribution in [3.63, 3.8) is 0 Å². The number of rotatable bonds is 5. The molecule has 0 aromatic carbocycles. The van der Waals surface area contributed by atoms with Gasteiger partial charge in [0, 0.05) is 13.0 Å². The summed E-state index contributed by atoms with van der Waals surface area (Å²) >= 11 is 0. The third kappa shape index (κ3) is 7.84. The zero-order chi connectivity index (χ0) is 7.11. The fourth-order valence-corrected chi connectivity index (χ4v) is 0.374. The molecule has 56 valence electrons. The summed E-state index contributed by atoms with van der Waals surface area (Å²) in [4.78, 5) is 0. The molecular formula is C5H13NO3. The third-order valence-corrected chi connectivity index (χ3v) is 0.783. The van der Waals surface area contributed by atoms with Crippen LogP contribution in [0.4, 0.5) is 0 Å². The van der Waals surface area contributed by atoms with Gasteiger partial charge in [-0.2, -0.15) is 0 Å². The molecule has 0 aromatic heterocycles. The fourth-order valence-electron chi connectivity index (χ4n) is 0.374. The van der Waals surface area contributed by atoms with Gasteiger partial charge in [0.2, 0.25) is 0 Å². The van der Waals surface area contributed by atoms with Crippen LogP contribution >= 0.6 is 0 Å². The maximum absolute atomic E-state index is 8.30. The summed E-state index contributed by atoms with van der Waals surface area (Å²) < 4.78 is 4.85. The highest BCUT2D eigenvalue weighted by Crippen LogP contribution is 1.85. The first-order chi connectivity index (χ1) is 4.27. The maximum atomic E-state index is 8.30. The van der Waals surface area contributed by atoms with Crippen LogP contribution in [0.1, 0.15) is 6.42 Å². The summed E-state index contributed by atoms with van der Waals surface area (Å²) in [5.41, 5.74) is 5.10. The van der Waals surface area contributed by atoms with E-state index in [9.17, 15) is 0 Å². The molecule has 0 atom stereocenters. The average Bonchev–Trinajstić information content (AvgIpc) is 1.80. The molecule has 4 nitrogen and oxygen atoms in total. The van der Waals surface area contributed by atoms with E-state index in [1.54, 1.807) is 0 Å². The Kier molecular flexibility index (Phi) is 5.86. The van der Waals surface area contributed by atoms with E-state index in [0.29, 0.717) is 19.8 Å². The molecule has 0 heterocycles. The largest absolute Gasteiger partial charge is 0.380 e.